The van der Waals surface area contributed by atoms with E-state index < -0.39 is 12.6 Å². The molecule has 5 heteroatoms. The fourth-order valence-corrected chi connectivity index (χ4v) is 2.36. The average Bonchev–Trinajstić information content (AvgIpc) is 2.18. The Labute approximate surface area is 101 Å². The third-order valence-corrected chi connectivity index (χ3v) is 3.40. The summed E-state index contributed by atoms with van der Waals surface area (Å²) >= 11 is 0. The van der Waals surface area contributed by atoms with Crippen LogP contribution in [0.4, 0.5) is 13.2 Å². The second-order valence-electron chi connectivity index (χ2n) is 4.79. The van der Waals surface area contributed by atoms with E-state index in [-0.39, 0.29) is 12.5 Å². The van der Waals surface area contributed by atoms with Crippen LogP contribution in [0.15, 0.2) is 0 Å². The van der Waals surface area contributed by atoms with Gasteiger partial charge in [-0.3, -0.25) is 0 Å². The monoisotopic (exact) mass is 253 g/mol. The summed E-state index contributed by atoms with van der Waals surface area (Å²) in [5, 5.41) is 2.98. The van der Waals surface area contributed by atoms with Crippen molar-refractivity contribution in [2.24, 2.45) is 5.92 Å². The Morgan fingerprint density at radius 2 is 2.00 bits per heavy atom. The van der Waals surface area contributed by atoms with E-state index in [1.807, 2.05) is 6.92 Å². The minimum Gasteiger partial charge on any atom is -0.378 e. The molecular formula is C12H22F3NO. The molecule has 1 unspecified atom stereocenters. The number of rotatable bonds is 7. The van der Waals surface area contributed by atoms with Crippen LogP contribution < -0.4 is 5.32 Å². The zero-order chi connectivity index (χ0) is 12.9. The molecule has 1 saturated carbocycles. The van der Waals surface area contributed by atoms with Crippen molar-refractivity contribution < 1.29 is 17.9 Å². The normalized spacial score (nSPS) is 26.6. The van der Waals surface area contributed by atoms with E-state index in [9.17, 15) is 13.2 Å². The standard InChI is InChI=1S/C12H22F3NO/c1-3-17-11-7-9(8-11)6-10(16-2)4-5-12(13,14)15/h9-11,16H,3-8H2,1-2H3. The Bertz CT molecular complexity index is 214. The molecule has 0 amide bonds. The molecule has 0 bridgehead atoms. The van der Waals surface area contributed by atoms with E-state index in [2.05, 4.69) is 5.32 Å². The minimum absolute atomic E-state index is 0.0239. The maximum Gasteiger partial charge on any atom is 0.389 e. The molecule has 102 valence electrons. The van der Waals surface area contributed by atoms with Gasteiger partial charge in [0.15, 0.2) is 0 Å². The van der Waals surface area contributed by atoms with Crippen molar-refractivity contribution in [3.05, 3.63) is 0 Å². The van der Waals surface area contributed by atoms with E-state index in [1.54, 1.807) is 7.05 Å². The first kappa shape index (κ1) is 14.8. The molecular weight excluding hydrogens is 231 g/mol. The molecule has 1 atom stereocenters. The lowest BCUT2D eigenvalue weighted by Crippen LogP contribution is -2.37. The smallest absolute Gasteiger partial charge is 0.378 e. The number of hydrogen-bond donors (Lipinski definition) is 1. The molecule has 1 aliphatic carbocycles. The van der Waals surface area contributed by atoms with Gasteiger partial charge in [-0.15, -0.1) is 0 Å². The number of nitrogens with one attached hydrogen (secondary N) is 1. The lowest BCUT2D eigenvalue weighted by Gasteiger charge is -2.37. The van der Waals surface area contributed by atoms with Gasteiger partial charge in [0.05, 0.1) is 6.10 Å². The third-order valence-electron chi connectivity index (χ3n) is 3.40. The van der Waals surface area contributed by atoms with Gasteiger partial charge in [-0.25, -0.2) is 0 Å². The van der Waals surface area contributed by atoms with Crippen molar-refractivity contribution in [3.8, 4) is 0 Å². The second kappa shape index (κ2) is 6.59. The third kappa shape index (κ3) is 5.73. The summed E-state index contributed by atoms with van der Waals surface area (Å²) < 4.78 is 41.7. The summed E-state index contributed by atoms with van der Waals surface area (Å²) in [6, 6.07) is -0.0239. The largest absolute Gasteiger partial charge is 0.389 e. The predicted molar refractivity (Wildman–Crippen MR) is 60.9 cm³/mol. The molecule has 2 nitrogen and oxygen atoms in total. The highest BCUT2D eigenvalue weighted by molar-refractivity contribution is 4.84. The summed E-state index contributed by atoms with van der Waals surface area (Å²) in [5.74, 6) is 0.525. The zero-order valence-electron chi connectivity index (χ0n) is 10.5. The van der Waals surface area contributed by atoms with Crippen LogP contribution in [0.5, 0.6) is 0 Å². The molecule has 1 aliphatic rings. The summed E-state index contributed by atoms with van der Waals surface area (Å²) in [5.41, 5.74) is 0. The fourth-order valence-electron chi connectivity index (χ4n) is 2.36. The van der Waals surface area contributed by atoms with Gasteiger partial charge in [0.25, 0.3) is 0 Å². The van der Waals surface area contributed by atoms with Crippen molar-refractivity contribution in [2.45, 2.75) is 57.3 Å². The van der Waals surface area contributed by atoms with Crippen molar-refractivity contribution in [1.29, 1.82) is 0 Å². The molecule has 1 N–H and O–H groups in total. The topological polar surface area (TPSA) is 21.3 Å². The molecule has 17 heavy (non-hydrogen) atoms. The molecule has 1 fully saturated rings. The SMILES string of the molecule is CCOC1CC(CC(CCC(F)(F)F)NC)C1. The summed E-state index contributed by atoms with van der Waals surface area (Å²) in [7, 11) is 1.74. The molecule has 1 rings (SSSR count). The highest BCUT2D eigenvalue weighted by atomic mass is 19.4. The predicted octanol–water partition coefficient (Wildman–Crippen LogP) is 3.12. The Balaban J connectivity index is 2.16. The number of hydrogen-bond acceptors (Lipinski definition) is 2. The van der Waals surface area contributed by atoms with E-state index >= 15 is 0 Å². The van der Waals surface area contributed by atoms with Gasteiger partial charge in [-0.1, -0.05) is 0 Å². The molecule has 0 radical (unpaired) electrons. The van der Waals surface area contributed by atoms with Crippen LogP contribution in [-0.2, 0) is 4.74 Å². The molecule has 0 aliphatic heterocycles. The van der Waals surface area contributed by atoms with E-state index in [4.69, 9.17) is 4.74 Å². The van der Waals surface area contributed by atoms with Crippen LogP contribution >= 0.6 is 0 Å². The van der Waals surface area contributed by atoms with Crippen LogP contribution in [-0.4, -0.2) is 32.0 Å². The number of alkyl halides is 3. The molecule has 0 aromatic carbocycles. The Kier molecular flexibility index (Phi) is 5.73. The quantitative estimate of drug-likeness (QED) is 0.752. The van der Waals surface area contributed by atoms with E-state index in [0.29, 0.717) is 12.0 Å². The Morgan fingerprint density at radius 3 is 2.47 bits per heavy atom. The summed E-state index contributed by atoms with van der Waals surface area (Å²) in [6.07, 6.45) is -1.39. The van der Waals surface area contributed by atoms with Crippen molar-refractivity contribution in [2.75, 3.05) is 13.7 Å². The first-order valence-electron chi connectivity index (χ1n) is 6.30. The van der Waals surface area contributed by atoms with Crippen LogP contribution in [0.2, 0.25) is 0 Å². The lowest BCUT2D eigenvalue weighted by atomic mass is 9.77. The summed E-state index contributed by atoms with van der Waals surface area (Å²) in [6.45, 7) is 2.69. The van der Waals surface area contributed by atoms with E-state index in [0.717, 1.165) is 25.9 Å². The maximum absolute atomic E-state index is 12.1. The van der Waals surface area contributed by atoms with Crippen LogP contribution in [0, 0.1) is 5.92 Å². The zero-order valence-corrected chi connectivity index (χ0v) is 10.5. The van der Waals surface area contributed by atoms with Crippen LogP contribution in [0.25, 0.3) is 0 Å². The minimum atomic E-state index is -4.04. The average molecular weight is 253 g/mol. The van der Waals surface area contributed by atoms with E-state index in [1.165, 1.54) is 0 Å². The van der Waals surface area contributed by atoms with Gasteiger partial charge >= 0.3 is 6.18 Å². The molecule has 0 spiro atoms. The van der Waals surface area contributed by atoms with Crippen molar-refractivity contribution in [3.63, 3.8) is 0 Å². The Morgan fingerprint density at radius 1 is 1.35 bits per heavy atom. The molecule has 0 heterocycles. The van der Waals surface area contributed by atoms with Gasteiger partial charge in [-0.05, 0) is 45.6 Å². The highest BCUT2D eigenvalue weighted by Crippen LogP contribution is 2.34. The summed E-state index contributed by atoms with van der Waals surface area (Å²) in [4.78, 5) is 0. The van der Waals surface area contributed by atoms with Crippen LogP contribution in [0.1, 0.15) is 39.0 Å². The first-order valence-corrected chi connectivity index (χ1v) is 6.30. The highest BCUT2D eigenvalue weighted by Gasteiger charge is 2.33. The van der Waals surface area contributed by atoms with Gasteiger partial charge in [0.1, 0.15) is 0 Å². The molecule has 0 aromatic heterocycles. The van der Waals surface area contributed by atoms with Crippen LogP contribution in [0.3, 0.4) is 0 Å². The second-order valence-corrected chi connectivity index (χ2v) is 4.79. The molecule has 0 saturated heterocycles. The Hall–Kier alpha value is -0.290. The van der Waals surface area contributed by atoms with Crippen molar-refractivity contribution in [1.82, 2.24) is 5.32 Å². The number of halogens is 3. The van der Waals surface area contributed by atoms with Gasteiger partial charge in [0, 0.05) is 19.1 Å². The lowest BCUT2D eigenvalue weighted by molar-refractivity contribution is -0.137. The first-order chi connectivity index (χ1) is 7.94. The van der Waals surface area contributed by atoms with Gasteiger partial charge < -0.3 is 10.1 Å². The number of ether oxygens (including phenoxy) is 1. The van der Waals surface area contributed by atoms with Gasteiger partial charge in [0.2, 0.25) is 0 Å². The fraction of sp³-hybridized carbons (Fsp3) is 1.00. The molecule has 0 aromatic rings. The maximum atomic E-state index is 12.1. The van der Waals surface area contributed by atoms with Gasteiger partial charge in [-0.2, -0.15) is 13.2 Å². The van der Waals surface area contributed by atoms with Crippen molar-refractivity contribution >= 4 is 0 Å².